The smallest absolute Gasteiger partial charge is 0.253 e. The van der Waals surface area contributed by atoms with Gasteiger partial charge in [-0.05, 0) is 6.92 Å². The van der Waals surface area contributed by atoms with Crippen LogP contribution in [0, 0.1) is 0 Å². The van der Waals surface area contributed by atoms with Crippen molar-refractivity contribution in [2.75, 3.05) is 19.8 Å². The lowest BCUT2D eigenvalue weighted by Gasteiger charge is -2.60. The van der Waals surface area contributed by atoms with Gasteiger partial charge in [0.2, 0.25) is 11.8 Å². The monoisotopic (exact) mass is 747 g/mol. The van der Waals surface area contributed by atoms with Gasteiger partial charge >= 0.3 is 0 Å². The van der Waals surface area contributed by atoms with Gasteiger partial charge in [0, 0.05) is 13.8 Å². The molecule has 296 valence electrons. The second-order valence-corrected chi connectivity index (χ2v) is 12.7. The SMILES string of the molecule is CC(=O)N[C@H]1[C@H](O[C@H]2[C@H](O)[C@@H](NC(C)=O)[C@](O[C@@H]([C@H](O)[C@@H](N)C=O)[C@H](O)CO)(C3(O)O[C@@H](C)[C@@H](O)[C@@H](O)[C@@H]3O)O[C@@H]2CO)O[C@H](CO)[C@@H](O)[C@@H]1O. The molecule has 0 saturated carbocycles. The third kappa shape index (κ3) is 8.35. The summed E-state index contributed by atoms with van der Waals surface area (Å²) < 4.78 is 28.8. The van der Waals surface area contributed by atoms with Gasteiger partial charge in [0.1, 0.15) is 91.6 Å². The van der Waals surface area contributed by atoms with E-state index in [-0.39, 0.29) is 6.29 Å². The number of aliphatic hydroxyl groups excluding tert-OH is 11. The highest BCUT2D eigenvalue weighted by molar-refractivity contribution is 5.74. The molecule has 3 heterocycles. The molecule has 0 spiro atoms. The number of hydrogen-bond acceptors (Lipinski definition) is 21. The van der Waals surface area contributed by atoms with Crippen molar-refractivity contribution in [3.05, 3.63) is 0 Å². The van der Waals surface area contributed by atoms with Gasteiger partial charge in [-0.15, -0.1) is 0 Å². The number of carbonyl (C=O) groups excluding carboxylic acids is 3. The van der Waals surface area contributed by atoms with E-state index in [1.807, 2.05) is 0 Å². The lowest BCUT2D eigenvalue weighted by atomic mass is 9.78. The molecule has 51 heavy (non-hydrogen) atoms. The first-order valence-electron chi connectivity index (χ1n) is 15.9. The molecule has 3 rings (SSSR count). The Labute approximate surface area is 290 Å². The van der Waals surface area contributed by atoms with Crippen molar-refractivity contribution in [2.24, 2.45) is 5.73 Å². The number of carbonyl (C=O) groups is 3. The number of ether oxygens (including phenoxy) is 5. The summed E-state index contributed by atoms with van der Waals surface area (Å²) in [6.07, 6.45) is -28.9. The average Bonchev–Trinajstić information content (AvgIpc) is 3.09. The molecule has 23 heteroatoms. The number of amides is 2. The fourth-order valence-electron chi connectivity index (χ4n) is 6.33. The summed E-state index contributed by atoms with van der Waals surface area (Å²) in [5.74, 6) is -8.85. The van der Waals surface area contributed by atoms with Crippen molar-refractivity contribution in [3.8, 4) is 0 Å². The molecular weight excluding hydrogens is 698 g/mol. The van der Waals surface area contributed by atoms with Crippen LogP contribution in [0.15, 0.2) is 0 Å². The van der Waals surface area contributed by atoms with Crippen LogP contribution in [0.25, 0.3) is 0 Å². The molecule has 3 saturated heterocycles. The van der Waals surface area contributed by atoms with Crippen LogP contribution in [-0.2, 0) is 38.1 Å². The van der Waals surface area contributed by atoms with Crippen LogP contribution in [0.3, 0.4) is 0 Å². The lowest BCUT2D eigenvalue weighted by Crippen LogP contribution is -2.85. The van der Waals surface area contributed by atoms with Crippen LogP contribution in [-0.4, -0.2) is 215 Å². The van der Waals surface area contributed by atoms with Crippen LogP contribution in [0.4, 0.5) is 0 Å². The quantitative estimate of drug-likeness (QED) is 0.0733. The van der Waals surface area contributed by atoms with E-state index in [2.05, 4.69) is 10.6 Å². The fourth-order valence-corrected chi connectivity index (χ4v) is 6.33. The minimum Gasteiger partial charge on any atom is -0.394 e. The van der Waals surface area contributed by atoms with Crippen molar-refractivity contribution in [2.45, 2.75) is 136 Å². The summed E-state index contributed by atoms with van der Waals surface area (Å²) in [5, 5.41) is 134. The van der Waals surface area contributed by atoms with Gasteiger partial charge in [0.25, 0.3) is 11.6 Å². The Morgan fingerprint density at radius 1 is 0.882 bits per heavy atom. The molecule has 23 nitrogen and oxygen atoms in total. The number of aliphatic hydroxyl groups is 12. The highest BCUT2D eigenvalue weighted by Crippen LogP contribution is 2.48. The van der Waals surface area contributed by atoms with E-state index in [0.717, 1.165) is 20.8 Å². The zero-order chi connectivity index (χ0) is 38.7. The summed E-state index contributed by atoms with van der Waals surface area (Å²) in [7, 11) is 0. The molecule has 0 aliphatic carbocycles. The maximum absolute atomic E-state index is 12.7. The number of rotatable bonds is 14. The third-order valence-corrected chi connectivity index (χ3v) is 9.05. The molecule has 0 aromatic carbocycles. The van der Waals surface area contributed by atoms with Crippen molar-refractivity contribution in [1.29, 1.82) is 0 Å². The summed E-state index contributed by atoms with van der Waals surface area (Å²) in [6.45, 7) is -0.355. The third-order valence-electron chi connectivity index (χ3n) is 9.05. The van der Waals surface area contributed by atoms with E-state index in [0.29, 0.717) is 0 Å². The molecule has 0 radical (unpaired) electrons. The van der Waals surface area contributed by atoms with Crippen LogP contribution < -0.4 is 16.4 Å². The molecule has 0 aromatic heterocycles. The lowest BCUT2D eigenvalue weighted by molar-refractivity contribution is -0.496. The predicted molar refractivity (Wildman–Crippen MR) is 160 cm³/mol. The largest absolute Gasteiger partial charge is 0.394 e. The molecule has 3 aliphatic rings. The van der Waals surface area contributed by atoms with E-state index in [1.54, 1.807) is 0 Å². The highest BCUT2D eigenvalue weighted by atomic mass is 16.8. The van der Waals surface area contributed by atoms with Gasteiger partial charge in [-0.25, -0.2) is 0 Å². The van der Waals surface area contributed by atoms with E-state index in [1.165, 1.54) is 0 Å². The maximum Gasteiger partial charge on any atom is 0.253 e. The van der Waals surface area contributed by atoms with Gasteiger partial charge in [-0.3, -0.25) is 9.59 Å². The second-order valence-electron chi connectivity index (χ2n) is 12.7. The maximum atomic E-state index is 12.7. The van der Waals surface area contributed by atoms with Crippen molar-refractivity contribution in [1.82, 2.24) is 10.6 Å². The fraction of sp³-hybridized carbons (Fsp3) is 0.893. The van der Waals surface area contributed by atoms with Gasteiger partial charge in [0.15, 0.2) is 6.29 Å². The Bertz CT molecular complexity index is 1190. The molecular formula is C28H49N3O20. The van der Waals surface area contributed by atoms with E-state index < -0.39 is 147 Å². The Kier molecular flexibility index (Phi) is 14.7. The Morgan fingerprint density at radius 2 is 1.47 bits per heavy atom. The normalized spacial score (nSPS) is 44.1. The van der Waals surface area contributed by atoms with Gasteiger partial charge < -0.3 is 106 Å². The number of nitrogens with one attached hydrogen (secondary N) is 2. The van der Waals surface area contributed by atoms with Gasteiger partial charge in [0.05, 0.1) is 32.0 Å². The summed E-state index contributed by atoms with van der Waals surface area (Å²) in [4.78, 5) is 36.2. The Hall–Kier alpha value is -2.11. The number of nitrogens with two attached hydrogens (primary N) is 1. The summed E-state index contributed by atoms with van der Waals surface area (Å²) in [6, 6.07) is -5.88. The van der Waals surface area contributed by atoms with Gasteiger partial charge in [-0.1, -0.05) is 0 Å². The average molecular weight is 748 g/mol. The Balaban J connectivity index is 2.28. The van der Waals surface area contributed by atoms with Crippen LogP contribution in [0.5, 0.6) is 0 Å². The van der Waals surface area contributed by atoms with Crippen molar-refractivity contribution >= 4 is 18.1 Å². The van der Waals surface area contributed by atoms with Crippen molar-refractivity contribution in [3.63, 3.8) is 0 Å². The van der Waals surface area contributed by atoms with E-state index in [9.17, 15) is 75.7 Å². The minimum atomic E-state index is -3.59. The molecule has 16 N–H and O–H groups in total. The molecule has 3 fully saturated rings. The predicted octanol–water partition coefficient (Wildman–Crippen LogP) is -9.92. The van der Waals surface area contributed by atoms with Crippen LogP contribution >= 0.6 is 0 Å². The van der Waals surface area contributed by atoms with E-state index >= 15 is 0 Å². The molecule has 1 unspecified atom stereocenters. The highest BCUT2D eigenvalue weighted by Gasteiger charge is 2.74. The minimum absolute atomic E-state index is 0.00357. The van der Waals surface area contributed by atoms with Crippen molar-refractivity contribution < 1.29 is 99.3 Å². The first kappa shape index (κ1) is 43.3. The molecule has 0 aromatic rings. The van der Waals surface area contributed by atoms with Gasteiger partial charge in [-0.2, -0.15) is 0 Å². The van der Waals surface area contributed by atoms with Crippen LogP contribution in [0.2, 0.25) is 0 Å². The first-order chi connectivity index (χ1) is 23.8. The molecule has 3 aliphatic heterocycles. The summed E-state index contributed by atoms with van der Waals surface area (Å²) in [5.41, 5.74) is 5.65. The molecule has 19 atom stereocenters. The first-order valence-corrected chi connectivity index (χ1v) is 15.9. The molecule has 2 amide bonds. The topological polar surface area (TPSA) is 390 Å². The number of aldehydes is 1. The zero-order valence-corrected chi connectivity index (χ0v) is 27.7. The molecule has 0 bridgehead atoms. The zero-order valence-electron chi connectivity index (χ0n) is 27.7. The standard InChI is InChI=1S/C28H49N3O20/c1-8-16(39)20(43)25(45)27(46,49-8)28(51-22(12(38)5-33)17(40)11(29)4-32)24(31-10(3)37)21(44)23(14(7-35)50-28)48-26-15(30-9(2)36)19(42)18(41)13(6-34)47-26/h4,8,11-26,33-35,38-46H,5-7,29H2,1-3H3,(H,30,36)(H,31,37)/t8-,11-,12+,13+,14+,15+,16+,17+,18+,19+,20+,21-,22+,23+,24+,25-,26-,27?,28-/m0/s1. The van der Waals surface area contributed by atoms with E-state index in [4.69, 9.17) is 29.4 Å². The summed E-state index contributed by atoms with van der Waals surface area (Å²) >= 11 is 0. The van der Waals surface area contributed by atoms with Crippen LogP contribution in [0.1, 0.15) is 20.8 Å². The second kappa shape index (κ2) is 17.4. The Morgan fingerprint density at radius 3 is 1.98 bits per heavy atom. The number of hydrogen-bond donors (Lipinski definition) is 15.